The standard InChI is InChI=1S/C19H29N3O3S/c1-15-8-9-16(19(23)20-17-6-4-3-5-7-17)14-18(15)26(24,25)22-12-10-21(2)11-13-22/h8-9,14,17H,3-7,10-13H2,1-2H3,(H,20,23). The lowest BCUT2D eigenvalue weighted by molar-refractivity contribution is 0.0927. The van der Waals surface area contributed by atoms with E-state index in [9.17, 15) is 13.2 Å². The Morgan fingerprint density at radius 2 is 1.73 bits per heavy atom. The Bertz CT molecular complexity index is 749. The van der Waals surface area contributed by atoms with Gasteiger partial charge in [-0.15, -0.1) is 0 Å². The van der Waals surface area contributed by atoms with E-state index in [0.717, 1.165) is 38.8 Å². The quantitative estimate of drug-likeness (QED) is 0.869. The normalized spacial score (nSPS) is 20.8. The summed E-state index contributed by atoms with van der Waals surface area (Å²) in [4.78, 5) is 15.0. The number of sulfonamides is 1. The lowest BCUT2D eigenvalue weighted by Gasteiger charge is -2.32. The average molecular weight is 380 g/mol. The van der Waals surface area contributed by atoms with Gasteiger partial charge in [-0.2, -0.15) is 4.31 Å². The second kappa shape index (κ2) is 8.06. The number of nitrogens with zero attached hydrogens (tertiary/aromatic N) is 2. The second-order valence-electron chi connectivity index (χ2n) is 7.50. The molecule has 2 aliphatic rings. The van der Waals surface area contributed by atoms with Crippen LogP contribution in [0, 0.1) is 6.92 Å². The summed E-state index contributed by atoms with van der Waals surface area (Å²) in [6.45, 7) is 4.19. The van der Waals surface area contributed by atoms with Crippen LogP contribution in [0.25, 0.3) is 0 Å². The van der Waals surface area contributed by atoms with Crippen LogP contribution in [0.15, 0.2) is 23.1 Å². The maximum Gasteiger partial charge on any atom is 0.251 e. The van der Waals surface area contributed by atoms with Gasteiger partial charge in [0.05, 0.1) is 4.90 Å². The molecule has 26 heavy (non-hydrogen) atoms. The van der Waals surface area contributed by atoms with Crippen molar-refractivity contribution in [1.82, 2.24) is 14.5 Å². The lowest BCUT2D eigenvalue weighted by atomic mass is 9.95. The fraction of sp³-hybridized carbons (Fsp3) is 0.632. The van der Waals surface area contributed by atoms with E-state index in [2.05, 4.69) is 10.2 Å². The van der Waals surface area contributed by atoms with E-state index >= 15 is 0 Å². The maximum atomic E-state index is 13.1. The molecule has 1 amide bonds. The summed E-state index contributed by atoms with van der Waals surface area (Å²) in [5, 5.41) is 3.06. The van der Waals surface area contributed by atoms with Gasteiger partial charge in [0.15, 0.2) is 0 Å². The Morgan fingerprint density at radius 3 is 2.38 bits per heavy atom. The van der Waals surface area contributed by atoms with Crippen LogP contribution < -0.4 is 5.32 Å². The Hall–Kier alpha value is -1.44. The van der Waals surface area contributed by atoms with E-state index in [-0.39, 0.29) is 16.8 Å². The molecule has 0 bridgehead atoms. The first-order valence-electron chi connectivity index (χ1n) is 9.48. The molecular formula is C19H29N3O3S. The average Bonchev–Trinajstić information content (AvgIpc) is 2.63. The molecule has 1 heterocycles. The summed E-state index contributed by atoms with van der Waals surface area (Å²) >= 11 is 0. The zero-order chi connectivity index (χ0) is 18.7. The van der Waals surface area contributed by atoms with Crippen LogP contribution in [-0.2, 0) is 10.0 Å². The number of nitrogens with one attached hydrogen (secondary N) is 1. The molecule has 0 unspecified atom stereocenters. The zero-order valence-electron chi connectivity index (χ0n) is 15.7. The molecule has 0 radical (unpaired) electrons. The van der Waals surface area contributed by atoms with Gasteiger partial charge in [-0.1, -0.05) is 25.3 Å². The lowest BCUT2D eigenvalue weighted by Crippen LogP contribution is -2.47. The third-order valence-electron chi connectivity index (χ3n) is 5.47. The molecule has 0 atom stereocenters. The highest BCUT2D eigenvalue weighted by Crippen LogP contribution is 2.23. The van der Waals surface area contributed by atoms with Crippen molar-refractivity contribution in [3.05, 3.63) is 29.3 Å². The number of piperazine rings is 1. The van der Waals surface area contributed by atoms with E-state index in [1.54, 1.807) is 25.1 Å². The van der Waals surface area contributed by atoms with Gasteiger partial charge in [0, 0.05) is 37.8 Å². The van der Waals surface area contributed by atoms with Crippen molar-refractivity contribution in [2.45, 2.75) is 50.0 Å². The highest BCUT2D eigenvalue weighted by molar-refractivity contribution is 7.89. The van der Waals surface area contributed by atoms with E-state index < -0.39 is 10.0 Å². The Labute approximate surface area is 156 Å². The number of hydrogen-bond acceptors (Lipinski definition) is 4. The number of aryl methyl sites for hydroxylation is 1. The molecule has 1 aliphatic carbocycles. The van der Waals surface area contributed by atoms with Crippen molar-refractivity contribution in [3.8, 4) is 0 Å². The van der Waals surface area contributed by atoms with Crippen molar-refractivity contribution in [3.63, 3.8) is 0 Å². The summed E-state index contributed by atoms with van der Waals surface area (Å²) in [7, 11) is -1.59. The molecule has 1 saturated carbocycles. The summed E-state index contributed by atoms with van der Waals surface area (Å²) in [5.41, 5.74) is 1.10. The fourth-order valence-corrected chi connectivity index (χ4v) is 5.38. The molecular weight excluding hydrogens is 350 g/mol. The number of rotatable bonds is 4. The van der Waals surface area contributed by atoms with Crippen LogP contribution in [-0.4, -0.2) is 62.8 Å². The molecule has 1 aromatic rings. The predicted octanol–water partition coefficient (Wildman–Crippen LogP) is 1.99. The summed E-state index contributed by atoms with van der Waals surface area (Å²) < 4.78 is 27.6. The Morgan fingerprint density at radius 1 is 1.08 bits per heavy atom. The van der Waals surface area contributed by atoms with Crippen LogP contribution in [0.1, 0.15) is 48.0 Å². The Balaban J connectivity index is 1.79. The van der Waals surface area contributed by atoms with E-state index in [4.69, 9.17) is 0 Å². The van der Waals surface area contributed by atoms with Crippen molar-refractivity contribution in [2.24, 2.45) is 0 Å². The van der Waals surface area contributed by atoms with Crippen LogP contribution in [0.5, 0.6) is 0 Å². The Kier molecular flexibility index (Phi) is 5.99. The second-order valence-corrected chi connectivity index (χ2v) is 9.40. The molecule has 1 saturated heterocycles. The largest absolute Gasteiger partial charge is 0.349 e. The summed E-state index contributed by atoms with van der Waals surface area (Å²) in [6, 6.07) is 5.20. The van der Waals surface area contributed by atoms with Crippen LogP contribution >= 0.6 is 0 Å². The first-order chi connectivity index (χ1) is 12.4. The molecule has 7 heteroatoms. The number of carbonyl (C=O) groups excluding carboxylic acids is 1. The van der Waals surface area contributed by atoms with Crippen molar-refractivity contribution in [2.75, 3.05) is 33.2 Å². The van der Waals surface area contributed by atoms with Gasteiger partial charge < -0.3 is 10.2 Å². The summed E-state index contributed by atoms with van der Waals surface area (Å²) in [5.74, 6) is -0.174. The highest BCUT2D eigenvalue weighted by atomic mass is 32.2. The number of hydrogen-bond donors (Lipinski definition) is 1. The number of likely N-dealkylation sites (N-methyl/N-ethyl adjacent to an activating group) is 1. The van der Waals surface area contributed by atoms with Gasteiger partial charge >= 0.3 is 0 Å². The van der Waals surface area contributed by atoms with Crippen LogP contribution in [0.2, 0.25) is 0 Å². The number of amides is 1. The van der Waals surface area contributed by atoms with Crippen LogP contribution in [0.4, 0.5) is 0 Å². The first kappa shape index (κ1) is 19.3. The molecule has 3 rings (SSSR count). The topological polar surface area (TPSA) is 69.7 Å². The van der Waals surface area contributed by atoms with Crippen molar-refractivity contribution in [1.29, 1.82) is 0 Å². The van der Waals surface area contributed by atoms with E-state index in [1.807, 2.05) is 7.05 Å². The fourth-order valence-electron chi connectivity index (χ4n) is 3.70. The molecule has 2 fully saturated rings. The number of carbonyl (C=O) groups is 1. The minimum atomic E-state index is -3.58. The minimum absolute atomic E-state index is 0.174. The smallest absolute Gasteiger partial charge is 0.251 e. The molecule has 1 aromatic carbocycles. The molecule has 144 valence electrons. The molecule has 1 N–H and O–H groups in total. The first-order valence-corrected chi connectivity index (χ1v) is 10.9. The van der Waals surface area contributed by atoms with E-state index in [1.165, 1.54) is 10.7 Å². The highest BCUT2D eigenvalue weighted by Gasteiger charge is 2.29. The van der Waals surface area contributed by atoms with Gasteiger partial charge in [-0.05, 0) is 44.5 Å². The van der Waals surface area contributed by atoms with E-state index in [0.29, 0.717) is 24.2 Å². The van der Waals surface area contributed by atoms with Crippen LogP contribution in [0.3, 0.4) is 0 Å². The molecule has 6 nitrogen and oxygen atoms in total. The van der Waals surface area contributed by atoms with Crippen molar-refractivity contribution < 1.29 is 13.2 Å². The van der Waals surface area contributed by atoms with Gasteiger partial charge in [-0.25, -0.2) is 8.42 Å². The SMILES string of the molecule is Cc1ccc(C(=O)NC2CCCCC2)cc1S(=O)(=O)N1CCN(C)CC1. The molecule has 0 aromatic heterocycles. The van der Waals surface area contributed by atoms with Gasteiger partial charge in [-0.3, -0.25) is 4.79 Å². The van der Waals surface area contributed by atoms with Crippen molar-refractivity contribution >= 4 is 15.9 Å². The van der Waals surface area contributed by atoms with Gasteiger partial charge in [0.2, 0.25) is 10.0 Å². The maximum absolute atomic E-state index is 13.1. The zero-order valence-corrected chi connectivity index (χ0v) is 16.5. The number of benzene rings is 1. The summed E-state index contributed by atoms with van der Waals surface area (Å²) in [6.07, 6.45) is 5.52. The third-order valence-corrected chi connectivity index (χ3v) is 7.51. The monoisotopic (exact) mass is 379 g/mol. The van der Waals surface area contributed by atoms with Gasteiger partial charge in [0.25, 0.3) is 5.91 Å². The van der Waals surface area contributed by atoms with Gasteiger partial charge in [0.1, 0.15) is 0 Å². The minimum Gasteiger partial charge on any atom is -0.349 e. The molecule has 0 spiro atoms. The predicted molar refractivity (Wildman–Crippen MR) is 102 cm³/mol. The molecule has 1 aliphatic heterocycles. The third kappa shape index (κ3) is 4.27.